The molecule has 0 saturated carbocycles. The van der Waals surface area contributed by atoms with Crippen LogP contribution in [0.25, 0.3) is 10.9 Å². The molecule has 0 spiro atoms. The van der Waals surface area contributed by atoms with Crippen LogP contribution in [0.2, 0.25) is 0 Å². The van der Waals surface area contributed by atoms with E-state index in [4.69, 9.17) is 4.74 Å². The summed E-state index contributed by atoms with van der Waals surface area (Å²) in [6.07, 6.45) is 1.17. The molecule has 1 atom stereocenters. The highest BCUT2D eigenvalue weighted by molar-refractivity contribution is 5.96. The van der Waals surface area contributed by atoms with Crippen molar-refractivity contribution in [2.45, 2.75) is 13.3 Å². The molecule has 2 aromatic rings. The molecule has 1 aliphatic heterocycles. The smallest absolute Gasteiger partial charge is 0.352 e. The second-order valence-corrected chi connectivity index (χ2v) is 6.29. The molecule has 1 unspecified atom stereocenters. The standard InChI is InChI=1S/C17H22N2O3/c1-11-6-13(22-10-12-4-5-18(2)9-12)7-15-14(11)8-16(17(20)21)19(15)3/h6-8,12H,4-5,9-10H2,1-3H3,(H,20,21). The molecule has 118 valence electrons. The maximum absolute atomic E-state index is 11.3. The van der Waals surface area contributed by atoms with Gasteiger partial charge in [-0.25, -0.2) is 4.79 Å². The highest BCUT2D eigenvalue weighted by Gasteiger charge is 2.20. The number of hydrogen-bond donors (Lipinski definition) is 1. The minimum atomic E-state index is -0.908. The minimum Gasteiger partial charge on any atom is -0.493 e. The van der Waals surface area contributed by atoms with E-state index in [1.54, 1.807) is 17.7 Å². The lowest BCUT2D eigenvalue weighted by atomic mass is 10.1. The third-order valence-corrected chi connectivity index (χ3v) is 4.54. The molecule has 1 fully saturated rings. The van der Waals surface area contributed by atoms with E-state index in [2.05, 4.69) is 11.9 Å². The van der Waals surface area contributed by atoms with Crippen molar-refractivity contribution in [2.24, 2.45) is 13.0 Å². The van der Waals surface area contributed by atoms with Crippen LogP contribution < -0.4 is 4.74 Å². The van der Waals surface area contributed by atoms with Gasteiger partial charge in [0.1, 0.15) is 11.4 Å². The Bertz CT molecular complexity index is 720. The fourth-order valence-electron chi connectivity index (χ4n) is 3.24. The molecule has 1 aromatic carbocycles. The molecule has 1 saturated heterocycles. The van der Waals surface area contributed by atoms with E-state index in [9.17, 15) is 9.90 Å². The number of ether oxygens (including phenoxy) is 1. The first kappa shape index (κ1) is 14.9. The maximum atomic E-state index is 11.3. The van der Waals surface area contributed by atoms with E-state index < -0.39 is 5.97 Å². The Balaban J connectivity index is 1.85. The summed E-state index contributed by atoms with van der Waals surface area (Å²) >= 11 is 0. The van der Waals surface area contributed by atoms with Crippen molar-refractivity contribution < 1.29 is 14.6 Å². The number of benzene rings is 1. The van der Waals surface area contributed by atoms with Crippen molar-refractivity contribution in [1.82, 2.24) is 9.47 Å². The van der Waals surface area contributed by atoms with Gasteiger partial charge in [-0.2, -0.15) is 0 Å². The largest absolute Gasteiger partial charge is 0.493 e. The molecule has 0 aliphatic carbocycles. The summed E-state index contributed by atoms with van der Waals surface area (Å²) in [7, 11) is 3.91. The predicted octanol–water partition coefficient (Wildman–Crippen LogP) is 2.52. The lowest BCUT2D eigenvalue weighted by molar-refractivity contribution is 0.0687. The summed E-state index contributed by atoms with van der Waals surface area (Å²) < 4.78 is 7.67. The Kier molecular flexibility index (Phi) is 3.83. The average Bonchev–Trinajstić information content (AvgIpc) is 3.02. The lowest BCUT2D eigenvalue weighted by Gasteiger charge is -2.13. The monoisotopic (exact) mass is 302 g/mol. The van der Waals surface area contributed by atoms with Crippen molar-refractivity contribution in [3.63, 3.8) is 0 Å². The molecular formula is C17H22N2O3. The fraction of sp³-hybridized carbons (Fsp3) is 0.471. The van der Waals surface area contributed by atoms with E-state index in [0.29, 0.717) is 18.2 Å². The number of aromatic nitrogens is 1. The normalized spacial score (nSPS) is 19.0. The first-order valence-corrected chi connectivity index (χ1v) is 7.60. The van der Waals surface area contributed by atoms with Gasteiger partial charge in [0, 0.05) is 31.0 Å². The number of likely N-dealkylation sites (tertiary alicyclic amines) is 1. The summed E-state index contributed by atoms with van der Waals surface area (Å²) in [5.74, 6) is 0.483. The molecule has 1 aromatic heterocycles. The van der Waals surface area contributed by atoms with Gasteiger partial charge in [0.15, 0.2) is 0 Å². The molecule has 5 nitrogen and oxygen atoms in total. The predicted molar refractivity (Wildman–Crippen MR) is 85.7 cm³/mol. The highest BCUT2D eigenvalue weighted by atomic mass is 16.5. The molecular weight excluding hydrogens is 280 g/mol. The highest BCUT2D eigenvalue weighted by Crippen LogP contribution is 2.28. The molecule has 1 aliphatic rings. The van der Waals surface area contributed by atoms with E-state index in [1.807, 2.05) is 19.1 Å². The Hall–Kier alpha value is -2.01. The quantitative estimate of drug-likeness (QED) is 0.943. The van der Waals surface area contributed by atoms with Crippen LogP contribution in [0.15, 0.2) is 18.2 Å². The SMILES string of the molecule is Cc1cc(OCC2CCN(C)C2)cc2c1cc(C(=O)O)n2C. The van der Waals surface area contributed by atoms with Gasteiger partial charge in [-0.1, -0.05) is 0 Å². The third kappa shape index (κ3) is 2.68. The number of aryl methyl sites for hydroxylation is 2. The number of carboxylic acids is 1. The van der Waals surface area contributed by atoms with Crippen molar-refractivity contribution in [1.29, 1.82) is 0 Å². The third-order valence-electron chi connectivity index (χ3n) is 4.54. The van der Waals surface area contributed by atoms with E-state index >= 15 is 0 Å². The molecule has 3 rings (SSSR count). The van der Waals surface area contributed by atoms with Gasteiger partial charge in [0.25, 0.3) is 0 Å². The van der Waals surface area contributed by atoms with Crippen LogP contribution in [0.4, 0.5) is 0 Å². The average molecular weight is 302 g/mol. The topological polar surface area (TPSA) is 54.7 Å². The number of carbonyl (C=O) groups is 1. The van der Waals surface area contributed by atoms with Gasteiger partial charge in [-0.05, 0) is 44.6 Å². The van der Waals surface area contributed by atoms with Gasteiger partial charge >= 0.3 is 5.97 Å². The van der Waals surface area contributed by atoms with Gasteiger partial charge in [0.05, 0.1) is 12.1 Å². The summed E-state index contributed by atoms with van der Waals surface area (Å²) in [6, 6.07) is 5.66. The Morgan fingerprint density at radius 2 is 2.14 bits per heavy atom. The number of hydrogen-bond acceptors (Lipinski definition) is 3. The van der Waals surface area contributed by atoms with Crippen molar-refractivity contribution in [2.75, 3.05) is 26.7 Å². The molecule has 0 radical (unpaired) electrons. The summed E-state index contributed by atoms with van der Waals surface area (Å²) in [5.41, 5.74) is 2.24. The molecule has 2 heterocycles. The zero-order chi connectivity index (χ0) is 15.9. The first-order chi connectivity index (χ1) is 10.5. The molecule has 1 N–H and O–H groups in total. The first-order valence-electron chi connectivity index (χ1n) is 7.60. The number of rotatable bonds is 4. The van der Waals surface area contributed by atoms with Crippen LogP contribution in [0.5, 0.6) is 5.75 Å². The number of fused-ring (bicyclic) bond motifs is 1. The van der Waals surface area contributed by atoms with Crippen LogP contribution in [0.3, 0.4) is 0 Å². The molecule has 0 amide bonds. The van der Waals surface area contributed by atoms with Crippen LogP contribution in [-0.4, -0.2) is 47.3 Å². The van der Waals surface area contributed by atoms with Crippen LogP contribution in [0.1, 0.15) is 22.5 Å². The Morgan fingerprint density at radius 1 is 1.36 bits per heavy atom. The van der Waals surface area contributed by atoms with Crippen LogP contribution in [-0.2, 0) is 7.05 Å². The number of aromatic carboxylic acids is 1. The summed E-state index contributed by atoms with van der Waals surface area (Å²) in [5, 5.41) is 10.2. The second kappa shape index (κ2) is 5.65. The Morgan fingerprint density at radius 3 is 2.77 bits per heavy atom. The number of nitrogens with zero attached hydrogens (tertiary/aromatic N) is 2. The van der Waals surface area contributed by atoms with Crippen LogP contribution >= 0.6 is 0 Å². The zero-order valence-corrected chi connectivity index (χ0v) is 13.3. The summed E-state index contributed by atoms with van der Waals surface area (Å²) in [4.78, 5) is 13.6. The summed E-state index contributed by atoms with van der Waals surface area (Å²) in [6.45, 7) is 4.91. The van der Waals surface area contributed by atoms with E-state index in [-0.39, 0.29) is 0 Å². The van der Waals surface area contributed by atoms with Gasteiger partial charge in [-0.15, -0.1) is 0 Å². The van der Waals surface area contributed by atoms with Gasteiger partial charge in [-0.3, -0.25) is 0 Å². The lowest BCUT2D eigenvalue weighted by Crippen LogP contribution is -2.18. The number of carboxylic acid groups (broad SMARTS) is 1. The second-order valence-electron chi connectivity index (χ2n) is 6.29. The van der Waals surface area contributed by atoms with Crippen LogP contribution in [0, 0.1) is 12.8 Å². The maximum Gasteiger partial charge on any atom is 0.352 e. The minimum absolute atomic E-state index is 0.299. The fourth-order valence-corrected chi connectivity index (χ4v) is 3.24. The Labute approximate surface area is 130 Å². The molecule has 0 bridgehead atoms. The van der Waals surface area contributed by atoms with Gasteiger partial charge < -0.3 is 19.3 Å². The van der Waals surface area contributed by atoms with E-state index in [1.165, 1.54) is 6.42 Å². The van der Waals surface area contributed by atoms with Crippen molar-refractivity contribution in [3.8, 4) is 5.75 Å². The zero-order valence-electron chi connectivity index (χ0n) is 13.3. The van der Waals surface area contributed by atoms with E-state index in [0.717, 1.165) is 35.3 Å². The molecule has 5 heteroatoms. The van der Waals surface area contributed by atoms with Gasteiger partial charge in [0.2, 0.25) is 0 Å². The molecule has 22 heavy (non-hydrogen) atoms. The van der Waals surface area contributed by atoms with Crippen molar-refractivity contribution in [3.05, 3.63) is 29.5 Å². The van der Waals surface area contributed by atoms with Crippen molar-refractivity contribution >= 4 is 16.9 Å².